The Labute approximate surface area is 92.0 Å². The molecule has 0 saturated carbocycles. The van der Waals surface area contributed by atoms with E-state index in [0.717, 1.165) is 18.6 Å². The van der Waals surface area contributed by atoms with Gasteiger partial charge < -0.3 is 11.5 Å². The van der Waals surface area contributed by atoms with E-state index in [1.807, 2.05) is 6.92 Å². The van der Waals surface area contributed by atoms with Crippen molar-refractivity contribution in [1.82, 2.24) is 0 Å². The van der Waals surface area contributed by atoms with Crippen molar-refractivity contribution in [3.05, 3.63) is 12.3 Å². The second-order valence-electron chi connectivity index (χ2n) is 4.04. The lowest BCUT2D eigenvalue weighted by molar-refractivity contribution is 0.603. The molecule has 0 aromatic carbocycles. The van der Waals surface area contributed by atoms with Crippen LogP contribution < -0.4 is 11.5 Å². The maximum atomic E-state index is 7.26. The van der Waals surface area contributed by atoms with Crippen LogP contribution in [0.3, 0.4) is 0 Å². The fraction of sp³-hybridized carbons (Fsp3) is 0.636. The van der Waals surface area contributed by atoms with Crippen LogP contribution in [0.15, 0.2) is 17.3 Å². The summed E-state index contributed by atoms with van der Waals surface area (Å²) in [4.78, 5) is 4.34. The number of allylic oxidation sites excluding steroid dienone is 1. The molecule has 0 radical (unpaired) electrons. The van der Waals surface area contributed by atoms with Crippen LogP contribution in [-0.2, 0) is 0 Å². The smallest absolute Gasteiger partial charge is 0.116 e. The summed E-state index contributed by atoms with van der Waals surface area (Å²) in [6.45, 7) is 6.14. The molecule has 1 atom stereocenters. The minimum atomic E-state index is -0.261. The molecule has 0 bridgehead atoms. The standard InChI is InChI=1S/C11H22N4/c1-8(2)4-5-10(6-7-12)15-9(3)11(13)14/h6-9H,4-5,12H2,1-3H3,(H3,13,14)/t9-/m0/s1. The van der Waals surface area contributed by atoms with Crippen molar-refractivity contribution in [2.24, 2.45) is 22.4 Å². The third-order valence-corrected chi connectivity index (χ3v) is 2.08. The molecular weight excluding hydrogens is 188 g/mol. The van der Waals surface area contributed by atoms with E-state index in [1.54, 1.807) is 6.08 Å². The largest absolute Gasteiger partial charge is 0.405 e. The molecule has 0 heterocycles. The van der Waals surface area contributed by atoms with Gasteiger partial charge in [0.1, 0.15) is 11.9 Å². The Bertz CT molecular complexity index is 253. The van der Waals surface area contributed by atoms with Crippen LogP contribution in [0.2, 0.25) is 0 Å². The molecule has 0 rings (SSSR count). The Hall–Kier alpha value is -1.32. The number of hydrogen-bond acceptors (Lipinski definition) is 3. The highest BCUT2D eigenvalue weighted by atomic mass is 14.9. The highest BCUT2D eigenvalue weighted by molar-refractivity contribution is 5.97. The lowest BCUT2D eigenvalue weighted by Gasteiger charge is -2.08. The first-order valence-electron chi connectivity index (χ1n) is 5.26. The lowest BCUT2D eigenvalue weighted by Crippen LogP contribution is -2.24. The molecule has 0 fully saturated rings. The summed E-state index contributed by atoms with van der Waals surface area (Å²) in [5.74, 6) is 0.719. The molecule has 0 aliphatic rings. The first-order valence-corrected chi connectivity index (χ1v) is 5.26. The van der Waals surface area contributed by atoms with Crippen LogP contribution in [-0.4, -0.2) is 17.6 Å². The quantitative estimate of drug-likeness (QED) is 0.460. The van der Waals surface area contributed by atoms with Crippen molar-refractivity contribution in [3.8, 4) is 0 Å². The van der Waals surface area contributed by atoms with Crippen LogP contribution in [0.4, 0.5) is 0 Å². The molecule has 0 unspecified atom stereocenters. The molecule has 86 valence electrons. The van der Waals surface area contributed by atoms with E-state index in [9.17, 15) is 0 Å². The average molecular weight is 210 g/mol. The van der Waals surface area contributed by atoms with Crippen molar-refractivity contribution in [1.29, 1.82) is 5.41 Å². The normalized spacial score (nSPS) is 14.8. The van der Waals surface area contributed by atoms with Gasteiger partial charge >= 0.3 is 0 Å². The number of rotatable bonds is 6. The van der Waals surface area contributed by atoms with E-state index in [0.29, 0.717) is 5.92 Å². The molecule has 0 aliphatic carbocycles. The van der Waals surface area contributed by atoms with Crippen LogP contribution in [0.25, 0.3) is 0 Å². The second kappa shape index (κ2) is 7.04. The summed E-state index contributed by atoms with van der Waals surface area (Å²) < 4.78 is 0. The Morgan fingerprint density at radius 1 is 1.40 bits per heavy atom. The molecule has 0 saturated heterocycles. The van der Waals surface area contributed by atoms with Gasteiger partial charge in [0.05, 0.1) is 0 Å². The predicted octanol–water partition coefficient (Wildman–Crippen LogP) is 1.66. The third kappa shape index (κ3) is 6.71. The Morgan fingerprint density at radius 2 is 2.00 bits per heavy atom. The van der Waals surface area contributed by atoms with E-state index < -0.39 is 0 Å². The van der Waals surface area contributed by atoms with Gasteiger partial charge in [0.2, 0.25) is 0 Å². The van der Waals surface area contributed by atoms with Gasteiger partial charge in [-0.3, -0.25) is 10.4 Å². The molecular formula is C11H22N4. The van der Waals surface area contributed by atoms with E-state index in [2.05, 4.69) is 18.8 Å². The fourth-order valence-electron chi connectivity index (χ4n) is 1.06. The summed E-state index contributed by atoms with van der Waals surface area (Å²) in [5, 5.41) is 7.26. The van der Waals surface area contributed by atoms with Gasteiger partial charge in [0, 0.05) is 5.71 Å². The summed E-state index contributed by atoms with van der Waals surface area (Å²) in [6, 6.07) is -0.261. The molecule has 0 aromatic rings. The van der Waals surface area contributed by atoms with Gasteiger partial charge in [-0.2, -0.15) is 0 Å². The van der Waals surface area contributed by atoms with Gasteiger partial charge in [-0.25, -0.2) is 0 Å². The maximum absolute atomic E-state index is 7.26. The molecule has 15 heavy (non-hydrogen) atoms. The van der Waals surface area contributed by atoms with Gasteiger partial charge in [0.25, 0.3) is 0 Å². The molecule has 0 spiro atoms. The zero-order valence-corrected chi connectivity index (χ0v) is 9.83. The van der Waals surface area contributed by atoms with Crippen molar-refractivity contribution in [2.75, 3.05) is 0 Å². The molecule has 0 aliphatic heterocycles. The van der Waals surface area contributed by atoms with E-state index in [1.165, 1.54) is 6.20 Å². The first-order chi connectivity index (χ1) is 6.97. The van der Waals surface area contributed by atoms with Crippen molar-refractivity contribution >= 4 is 11.5 Å². The number of nitrogens with zero attached hydrogens (tertiary/aromatic N) is 1. The summed E-state index contributed by atoms with van der Waals surface area (Å²) >= 11 is 0. The number of amidine groups is 1. The SMILES string of the molecule is CC(C)CCC(C=CN)=N[C@@H](C)C(=N)N. The summed E-state index contributed by atoms with van der Waals surface area (Å²) in [6.07, 6.45) is 5.20. The number of hydrogen-bond donors (Lipinski definition) is 3. The van der Waals surface area contributed by atoms with Crippen molar-refractivity contribution < 1.29 is 0 Å². The topological polar surface area (TPSA) is 88.2 Å². The second-order valence-corrected chi connectivity index (χ2v) is 4.04. The van der Waals surface area contributed by atoms with Gasteiger partial charge in [-0.1, -0.05) is 13.8 Å². The highest BCUT2D eigenvalue weighted by Crippen LogP contribution is 2.06. The monoisotopic (exact) mass is 210 g/mol. The number of aliphatic imine (C=N–C) groups is 1. The van der Waals surface area contributed by atoms with Gasteiger partial charge in [-0.05, 0) is 38.0 Å². The Balaban J connectivity index is 4.43. The van der Waals surface area contributed by atoms with Crippen LogP contribution >= 0.6 is 0 Å². The lowest BCUT2D eigenvalue weighted by atomic mass is 10.1. The van der Waals surface area contributed by atoms with Crippen LogP contribution in [0, 0.1) is 11.3 Å². The van der Waals surface area contributed by atoms with Crippen LogP contribution in [0.5, 0.6) is 0 Å². The summed E-state index contributed by atoms with van der Waals surface area (Å²) in [5.41, 5.74) is 11.6. The van der Waals surface area contributed by atoms with E-state index in [-0.39, 0.29) is 11.9 Å². The van der Waals surface area contributed by atoms with Gasteiger partial charge in [0.15, 0.2) is 0 Å². The molecule has 4 nitrogen and oxygen atoms in total. The molecule has 0 aromatic heterocycles. The molecule has 0 amide bonds. The zero-order valence-electron chi connectivity index (χ0n) is 9.83. The maximum Gasteiger partial charge on any atom is 0.116 e. The summed E-state index contributed by atoms with van der Waals surface area (Å²) in [7, 11) is 0. The van der Waals surface area contributed by atoms with Crippen molar-refractivity contribution in [3.63, 3.8) is 0 Å². The third-order valence-electron chi connectivity index (χ3n) is 2.08. The minimum absolute atomic E-state index is 0.0856. The fourth-order valence-corrected chi connectivity index (χ4v) is 1.06. The predicted molar refractivity (Wildman–Crippen MR) is 66.2 cm³/mol. The van der Waals surface area contributed by atoms with Gasteiger partial charge in [-0.15, -0.1) is 0 Å². The average Bonchev–Trinajstić information content (AvgIpc) is 2.14. The Morgan fingerprint density at radius 3 is 2.40 bits per heavy atom. The van der Waals surface area contributed by atoms with E-state index >= 15 is 0 Å². The molecule has 5 N–H and O–H groups in total. The number of nitrogens with two attached hydrogens (primary N) is 2. The first kappa shape index (κ1) is 13.7. The highest BCUT2D eigenvalue weighted by Gasteiger charge is 2.04. The van der Waals surface area contributed by atoms with E-state index in [4.69, 9.17) is 16.9 Å². The zero-order chi connectivity index (χ0) is 11.8. The number of nitrogens with one attached hydrogen (secondary N) is 1. The Kier molecular flexibility index (Phi) is 6.42. The van der Waals surface area contributed by atoms with Crippen molar-refractivity contribution in [2.45, 2.75) is 39.7 Å². The van der Waals surface area contributed by atoms with Crippen LogP contribution in [0.1, 0.15) is 33.6 Å². The minimum Gasteiger partial charge on any atom is -0.405 e. The molecule has 4 heteroatoms.